The molecule has 0 radical (unpaired) electrons. The number of ether oxygens (including phenoxy) is 1. The van der Waals surface area contributed by atoms with E-state index in [1.807, 2.05) is 17.0 Å². The van der Waals surface area contributed by atoms with Crippen LogP contribution in [-0.4, -0.2) is 35.5 Å². The minimum atomic E-state index is -0.685. The summed E-state index contributed by atoms with van der Waals surface area (Å²) in [5.41, 5.74) is 1.78. The molecule has 1 aliphatic heterocycles. The van der Waals surface area contributed by atoms with Gasteiger partial charge in [-0.15, -0.1) is 0 Å². The lowest BCUT2D eigenvalue weighted by atomic mass is 9.82. The number of benzene rings is 1. The van der Waals surface area contributed by atoms with E-state index in [4.69, 9.17) is 9.84 Å². The first-order chi connectivity index (χ1) is 10.6. The monoisotopic (exact) mass is 303 g/mol. The van der Waals surface area contributed by atoms with E-state index < -0.39 is 5.97 Å². The number of methoxy groups -OCH3 is 1. The van der Waals surface area contributed by atoms with Crippen molar-refractivity contribution >= 4 is 11.9 Å². The van der Waals surface area contributed by atoms with Gasteiger partial charge in [0.15, 0.2) is 0 Å². The highest BCUT2D eigenvalue weighted by Gasteiger charge is 2.32. The molecule has 0 unspecified atom stereocenters. The summed E-state index contributed by atoms with van der Waals surface area (Å²) in [6.07, 6.45) is 3.23. The average Bonchev–Trinajstić information content (AvgIpc) is 2.83. The zero-order valence-electron chi connectivity index (χ0n) is 12.7. The average molecular weight is 303 g/mol. The Morgan fingerprint density at radius 2 is 2.05 bits per heavy atom. The number of hydrogen-bond acceptors (Lipinski definition) is 3. The number of nitrogens with zero attached hydrogens (tertiary/aromatic N) is 1. The first-order valence-electron chi connectivity index (χ1n) is 7.77. The third-order valence-corrected chi connectivity index (χ3v) is 4.87. The van der Waals surface area contributed by atoms with Gasteiger partial charge in [0.2, 0.25) is 0 Å². The summed E-state index contributed by atoms with van der Waals surface area (Å²) in [5, 5.41) is 9.04. The molecule has 0 spiro atoms. The molecule has 1 aliphatic carbocycles. The Hall–Kier alpha value is -2.04. The van der Waals surface area contributed by atoms with Crippen LogP contribution in [-0.2, 0) is 11.3 Å². The minimum absolute atomic E-state index is 0.0641. The molecule has 118 valence electrons. The molecule has 0 aromatic heterocycles. The third-order valence-electron chi connectivity index (χ3n) is 4.87. The lowest BCUT2D eigenvalue weighted by Crippen LogP contribution is -2.32. The standard InChI is InChI=1S/C17H21NO4/c1-22-14-7-6-13-10-18(16(19)15(13)8-14)9-11-2-4-12(5-3-11)17(20)21/h6-8,11-12H,2-5,9-10H2,1H3,(H,20,21)/t11-,12-. The second kappa shape index (κ2) is 5.99. The molecule has 1 fully saturated rings. The van der Waals surface area contributed by atoms with Crippen molar-refractivity contribution < 1.29 is 19.4 Å². The Morgan fingerprint density at radius 1 is 1.32 bits per heavy atom. The molecule has 1 aromatic rings. The quantitative estimate of drug-likeness (QED) is 0.928. The molecular formula is C17H21NO4. The van der Waals surface area contributed by atoms with Crippen LogP contribution in [0.4, 0.5) is 0 Å². The highest BCUT2D eigenvalue weighted by atomic mass is 16.5. The summed E-state index contributed by atoms with van der Waals surface area (Å²) in [4.78, 5) is 25.4. The van der Waals surface area contributed by atoms with Crippen molar-refractivity contribution in [3.8, 4) is 5.75 Å². The molecule has 5 nitrogen and oxygen atoms in total. The van der Waals surface area contributed by atoms with Gasteiger partial charge in [-0.05, 0) is 49.3 Å². The molecule has 0 atom stereocenters. The van der Waals surface area contributed by atoms with Crippen LogP contribution in [0.25, 0.3) is 0 Å². The maximum Gasteiger partial charge on any atom is 0.306 e. The van der Waals surface area contributed by atoms with E-state index in [0.717, 1.165) is 43.4 Å². The normalized spacial score (nSPS) is 24.2. The van der Waals surface area contributed by atoms with Crippen LogP contribution in [0.1, 0.15) is 41.6 Å². The van der Waals surface area contributed by atoms with Gasteiger partial charge in [0.1, 0.15) is 5.75 Å². The summed E-state index contributed by atoms with van der Waals surface area (Å²) in [6, 6.07) is 5.64. The number of carboxylic acid groups (broad SMARTS) is 1. The number of rotatable bonds is 4. The number of fused-ring (bicyclic) bond motifs is 1. The van der Waals surface area contributed by atoms with E-state index in [1.54, 1.807) is 13.2 Å². The van der Waals surface area contributed by atoms with Crippen LogP contribution in [0.2, 0.25) is 0 Å². The zero-order valence-corrected chi connectivity index (χ0v) is 12.7. The van der Waals surface area contributed by atoms with Gasteiger partial charge in [0, 0.05) is 18.7 Å². The summed E-state index contributed by atoms with van der Waals surface area (Å²) in [6.45, 7) is 1.37. The smallest absolute Gasteiger partial charge is 0.306 e. The first kappa shape index (κ1) is 14.9. The third kappa shape index (κ3) is 2.80. The van der Waals surface area contributed by atoms with Gasteiger partial charge in [-0.25, -0.2) is 0 Å². The molecule has 3 rings (SSSR count). The molecular weight excluding hydrogens is 282 g/mol. The molecule has 2 aliphatic rings. The van der Waals surface area contributed by atoms with Gasteiger partial charge in [-0.3, -0.25) is 9.59 Å². The summed E-state index contributed by atoms with van der Waals surface area (Å²) < 4.78 is 5.18. The zero-order chi connectivity index (χ0) is 15.7. The van der Waals surface area contributed by atoms with E-state index in [1.165, 1.54) is 0 Å². The predicted octanol–water partition coefficient (Wildman–Crippen LogP) is 2.54. The molecule has 0 bridgehead atoms. The van der Waals surface area contributed by atoms with Crippen LogP contribution in [0.3, 0.4) is 0 Å². The van der Waals surface area contributed by atoms with E-state index in [2.05, 4.69) is 0 Å². The fourth-order valence-corrected chi connectivity index (χ4v) is 3.52. The van der Waals surface area contributed by atoms with Crippen LogP contribution in [0.15, 0.2) is 18.2 Å². The van der Waals surface area contributed by atoms with Gasteiger partial charge in [0.25, 0.3) is 5.91 Å². The molecule has 22 heavy (non-hydrogen) atoms. The lowest BCUT2D eigenvalue weighted by Gasteiger charge is -2.29. The molecule has 0 saturated heterocycles. The highest BCUT2D eigenvalue weighted by molar-refractivity contribution is 5.98. The number of carbonyl (C=O) groups is 2. The topological polar surface area (TPSA) is 66.8 Å². The van der Waals surface area contributed by atoms with Crippen molar-refractivity contribution in [3.05, 3.63) is 29.3 Å². The largest absolute Gasteiger partial charge is 0.497 e. The maximum atomic E-state index is 12.5. The second-order valence-corrected chi connectivity index (χ2v) is 6.26. The number of carboxylic acids is 1. The second-order valence-electron chi connectivity index (χ2n) is 6.26. The van der Waals surface area contributed by atoms with Gasteiger partial charge in [-0.2, -0.15) is 0 Å². The predicted molar refractivity (Wildman–Crippen MR) is 80.8 cm³/mol. The number of carbonyl (C=O) groups excluding carboxylic acids is 1. The van der Waals surface area contributed by atoms with Gasteiger partial charge in [0.05, 0.1) is 13.0 Å². The Morgan fingerprint density at radius 3 is 2.68 bits per heavy atom. The summed E-state index contributed by atoms with van der Waals surface area (Å²) >= 11 is 0. The SMILES string of the molecule is COc1ccc2c(c1)C(=O)N(C[C@H]1CC[C@H](C(=O)O)CC1)C2. The van der Waals surface area contributed by atoms with Crippen molar-refractivity contribution in [2.45, 2.75) is 32.2 Å². The Balaban J connectivity index is 1.61. The minimum Gasteiger partial charge on any atom is -0.497 e. The van der Waals surface area contributed by atoms with Gasteiger partial charge < -0.3 is 14.7 Å². The Labute approximate surface area is 129 Å². The summed E-state index contributed by atoms with van der Waals surface area (Å²) in [5.74, 6) is 0.295. The lowest BCUT2D eigenvalue weighted by molar-refractivity contribution is -0.143. The van der Waals surface area contributed by atoms with Crippen molar-refractivity contribution in [2.24, 2.45) is 11.8 Å². The molecule has 1 heterocycles. The van der Waals surface area contributed by atoms with Crippen LogP contribution >= 0.6 is 0 Å². The summed E-state index contributed by atoms with van der Waals surface area (Å²) in [7, 11) is 1.60. The molecule has 1 saturated carbocycles. The number of amides is 1. The fraction of sp³-hybridized carbons (Fsp3) is 0.529. The van der Waals surface area contributed by atoms with Crippen LogP contribution in [0, 0.1) is 11.8 Å². The molecule has 1 aromatic carbocycles. The highest BCUT2D eigenvalue weighted by Crippen LogP contribution is 2.32. The fourth-order valence-electron chi connectivity index (χ4n) is 3.52. The van der Waals surface area contributed by atoms with Crippen molar-refractivity contribution in [2.75, 3.05) is 13.7 Å². The van der Waals surface area contributed by atoms with E-state index in [-0.39, 0.29) is 11.8 Å². The number of aliphatic carboxylic acids is 1. The first-order valence-corrected chi connectivity index (χ1v) is 7.77. The Kier molecular flexibility index (Phi) is 4.05. The number of hydrogen-bond donors (Lipinski definition) is 1. The van der Waals surface area contributed by atoms with Crippen molar-refractivity contribution in [1.29, 1.82) is 0 Å². The molecule has 5 heteroatoms. The van der Waals surface area contributed by atoms with Crippen molar-refractivity contribution in [3.63, 3.8) is 0 Å². The Bertz CT molecular complexity index is 590. The van der Waals surface area contributed by atoms with Crippen molar-refractivity contribution in [1.82, 2.24) is 4.90 Å². The molecule has 1 N–H and O–H groups in total. The van der Waals surface area contributed by atoms with E-state index in [9.17, 15) is 9.59 Å². The van der Waals surface area contributed by atoms with Crippen LogP contribution < -0.4 is 4.74 Å². The maximum absolute atomic E-state index is 12.5. The van der Waals surface area contributed by atoms with E-state index >= 15 is 0 Å². The van der Waals surface area contributed by atoms with Gasteiger partial charge >= 0.3 is 5.97 Å². The molecule has 1 amide bonds. The van der Waals surface area contributed by atoms with Crippen LogP contribution in [0.5, 0.6) is 5.75 Å². The van der Waals surface area contributed by atoms with Gasteiger partial charge in [-0.1, -0.05) is 6.07 Å². The van der Waals surface area contributed by atoms with E-state index in [0.29, 0.717) is 18.2 Å².